The van der Waals surface area contributed by atoms with Gasteiger partial charge in [0.25, 0.3) is 5.91 Å². The number of aryl methyl sites for hydroxylation is 1. The van der Waals surface area contributed by atoms with E-state index in [1.54, 1.807) is 30.5 Å². The summed E-state index contributed by atoms with van der Waals surface area (Å²) in [4.78, 5) is 17.0. The van der Waals surface area contributed by atoms with Crippen molar-refractivity contribution >= 4 is 23.1 Å². The van der Waals surface area contributed by atoms with Crippen molar-refractivity contribution in [1.82, 2.24) is 4.98 Å². The first kappa shape index (κ1) is 18.3. The molecular weight excluding hydrogens is 342 g/mol. The maximum atomic E-state index is 12.7. The Morgan fingerprint density at radius 3 is 2.22 bits per heavy atom. The van der Waals surface area contributed by atoms with Gasteiger partial charge in [-0.3, -0.25) is 4.79 Å². The number of ether oxygens (including phenoxy) is 2. The Bertz CT molecular complexity index is 917. The Kier molecular flexibility index (Phi) is 5.56. The molecule has 1 aromatic heterocycles. The monoisotopic (exact) mass is 363 g/mol. The summed E-state index contributed by atoms with van der Waals surface area (Å²) in [6.07, 6.45) is 1.60. The van der Waals surface area contributed by atoms with Crippen LogP contribution in [0.3, 0.4) is 0 Å². The van der Waals surface area contributed by atoms with Crippen LogP contribution in [0.5, 0.6) is 11.5 Å². The van der Waals surface area contributed by atoms with Crippen molar-refractivity contribution in [2.45, 2.75) is 6.92 Å². The maximum Gasteiger partial charge on any atom is 0.263 e. The van der Waals surface area contributed by atoms with Crippen LogP contribution >= 0.6 is 0 Å². The highest BCUT2D eigenvalue weighted by molar-refractivity contribution is 6.08. The number of methoxy groups -OCH3 is 2. The summed E-state index contributed by atoms with van der Waals surface area (Å²) < 4.78 is 10.6. The number of anilines is 3. The van der Waals surface area contributed by atoms with Gasteiger partial charge in [-0.15, -0.1) is 0 Å². The molecule has 6 heteroatoms. The summed E-state index contributed by atoms with van der Waals surface area (Å²) in [5, 5.41) is 6.08. The number of carbonyl (C=O) groups is 1. The second-order valence-electron chi connectivity index (χ2n) is 5.86. The molecule has 0 spiro atoms. The van der Waals surface area contributed by atoms with E-state index in [-0.39, 0.29) is 5.91 Å². The lowest BCUT2D eigenvalue weighted by molar-refractivity contribution is 0.102. The van der Waals surface area contributed by atoms with E-state index in [1.807, 2.05) is 37.3 Å². The molecule has 0 aliphatic heterocycles. The summed E-state index contributed by atoms with van der Waals surface area (Å²) in [5.74, 6) is 1.25. The van der Waals surface area contributed by atoms with Crippen LogP contribution in [-0.2, 0) is 0 Å². The van der Waals surface area contributed by atoms with Crippen LogP contribution in [0.4, 0.5) is 17.2 Å². The summed E-state index contributed by atoms with van der Waals surface area (Å²) in [5.41, 5.74) is 3.02. The molecule has 6 nitrogen and oxygen atoms in total. The van der Waals surface area contributed by atoms with Gasteiger partial charge >= 0.3 is 0 Å². The minimum absolute atomic E-state index is 0.328. The zero-order valence-electron chi connectivity index (χ0n) is 15.4. The summed E-state index contributed by atoms with van der Waals surface area (Å²) in [7, 11) is 3.03. The van der Waals surface area contributed by atoms with Gasteiger partial charge in [-0.2, -0.15) is 0 Å². The Balaban J connectivity index is 1.75. The molecule has 27 heavy (non-hydrogen) atoms. The number of rotatable bonds is 6. The fourth-order valence-corrected chi connectivity index (χ4v) is 2.66. The van der Waals surface area contributed by atoms with E-state index in [0.717, 1.165) is 11.3 Å². The third-order valence-corrected chi connectivity index (χ3v) is 4.08. The van der Waals surface area contributed by atoms with Gasteiger partial charge in [0, 0.05) is 5.69 Å². The Labute approximate surface area is 158 Å². The van der Waals surface area contributed by atoms with Crippen molar-refractivity contribution in [2.24, 2.45) is 0 Å². The second-order valence-corrected chi connectivity index (χ2v) is 5.86. The lowest BCUT2D eigenvalue weighted by Gasteiger charge is -2.13. The number of hydrogen-bond acceptors (Lipinski definition) is 5. The molecule has 0 saturated carbocycles. The van der Waals surface area contributed by atoms with Crippen LogP contribution < -0.4 is 20.1 Å². The SMILES string of the molecule is COc1cccc(OC)c1C(=O)Nc1ccc(Nc2ccccc2C)nc1. The predicted molar refractivity (Wildman–Crippen MR) is 106 cm³/mol. The zero-order chi connectivity index (χ0) is 19.2. The number of para-hydroxylation sites is 1. The molecule has 0 fully saturated rings. The number of benzene rings is 2. The highest BCUT2D eigenvalue weighted by atomic mass is 16.5. The third-order valence-electron chi connectivity index (χ3n) is 4.08. The Morgan fingerprint density at radius 2 is 1.63 bits per heavy atom. The summed E-state index contributed by atoms with van der Waals surface area (Å²) in [6.45, 7) is 2.03. The number of nitrogens with one attached hydrogen (secondary N) is 2. The molecule has 2 aromatic carbocycles. The number of nitrogens with zero attached hydrogens (tertiary/aromatic N) is 1. The van der Waals surface area contributed by atoms with E-state index in [4.69, 9.17) is 9.47 Å². The normalized spacial score (nSPS) is 10.2. The van der Waals surface area contributed by atoms with Crippen molar-refractivity contribution in [3.63, 3.8) is 0 Å². The molecular formula is C21H21N3O3. The molecule has 0 unspecified atom stereocenters. The minimum atomic E-state index is -0.328. The molecule has 0 bridgehead atoms. The number of amides is 1. The maximum absolute atomic E-state index is 12.7. The highest BCUT2D eigenvalue weighted by Gasteiger charge is 2.18. The van der Waals surface area contributed by atoms with Gasteiger partial charge in [0.2, 0.25) is 0 Å². The molecule has 0 aliphatic carbocycles. The largest absolute Gasteiger partial charge is 0.496 e. The first-order chi connectivity index (χ1) is 13.1. The van der Waals surface area contributed by atoms with Gasteiger partial charge in [0.1, 0.15) is 22.9 Å². The Morgan fingerprint density at radius 1 is 0.926 bits per heavy atom. The van der Waals surface area contributed by atoms with Crippen LogP contribution in [-0.4, -0.2) is 25.1 Å². The van der Waals surface area contributed by atoms with Crippen LogP contribution in [0.25, 0.3) is 0 Å². The van der Waals surface area contributed by atoms with Gasteiger partial charge in [-0.05, 0) is 42.8 Å². The molecule has 1 heterocycles. The van der Waals surface area contributed by atoms with E-state index in [1.165, 1.54) is 14.2 Å². The van der Waals surface area contributed by atoms with E-state index in [2.05, 4.69) is 15.6 Å². The van der Waals surface area contributed by atoms with Gasteiger partial charge in [0.05, 0.1) is 26.1 Å². The van der Waals surface area contributed by atoms with E-state index >= 15 is 0 Å². The fourth-order valence-electron chi connectivity index (χ4n) is 2.66. The lowest BCUT2D eigenvalue weighted by atomic mass is 10.1. The highest BCUT2D eigenvalue weighted by Crippen LogP contribution is 2.29. The topological polar surface area (TPSA) is 72.5 Å². The van der Waals surface area contributed by atoms with Crippen LogP contribution in [0.2, 0.25) is 0 Å². The van der Waals surface area contributed by atoms with Crippen LogP contribution in [0.1, 0.15) is 15.9 Å². The number of pyridine rings is 1. The van der Waals surface area contributed by atoms with Crippen molar-refractivity contribution < 1.29 is 14.3 Å². The Hall–Kier alpha value is -3.54. The molecule has 3 aromatic rings. The van der Waals surface area contributed by atoms with E-state index < -0.39 is 0 Å². The fraction of sp³-hybridized carbons (Fsp3) is 0.143. The van der Waals surface area contributed by atoms with Crippen molar-refractivity contribution in [3.05, 3.63) is 71.9 Å². The number of aromatic nitrogens is 1. The smallest absolute Gasteiger partial charge is 0.263 e. The third kappa shape index (κ3) is 4.17. The van der Waals surface area contributed by atoms with Crippen molar-refractivity contribution in [2.75, 3.05) is 24.9 Å². The standard InChI is InChI=1S/C21H21N3O3/c1-14-7-4-5-8-16(14)24-19-12-11-15(13-22-19)23-21(25)20-17(26-2)9-6-10-18(20)27-3/h4-13H,1-3H3,(H,22,24)(H,23,25). The molecule has 0 radical (unpaired) electrons. The van der Waals surface area contributed by atoms with Crippen molar-refractivity contribution in [1.29, 1.82) is 0 Å². The van der Waals surface area contributed by atoms with E-state index in [9.17, 15) is 4.79 Å². The van der Waals surface area contributed by atoms with E-state index in [0.29, 0.717) is 28.6 Å². The second kappa shape index (κ2) is 8.23. The average Bonchev–Trinajstić information content (AvgIpc) is 2.70. The molecule has 0 atom stereocenters. The number of hydrogen-bond donors (Lipinski definition) is 2. The molecule has 2 N–H and O–H groups in total. The average molecular weight is 363 g/mol. The summed E-state index contributed by atoms with van der Waals surface area (Å²) in [6, 6.07) is 16.7. The molecule has 3 rings (SSSR count). The zero-order valence-corrected chi connectivity index (χ0v) is 15.4. The minimum Gasteiger partial charge on any atom is -0.496 e. The van der Waals surface area contributed by atoms with Gasteiger partial charge in [-0.1, -0.05) is 24.3 Å². The van der Waals surface area contributed by atoms with Gasteiger partial charge in [-0.25, -0.2) is 4.98 Å². The first-order valence-corrected chi connectivity index (χ1v) is 8.43. The molecule has 0 aliphatic rings. The molecule has 0 saturated heterocycles. The number of carbonyl (C=O) groups excluding carboxylic acids is 1. The lowest BCUT2D eigenvalue weighted by Crippen LogP contribution is -2.14. The van der Waals surface area contributed by atoms with Crippen LogP contribution in [0, 0.1) is 6.92 Å². The predicted octanol–water partition coefficient (Wildman–Crippen LogP) is 4.40. The van der Waals surface area contributed by atoms with Crippen LogP contribution in [0.15, 0.2) is 60.8 Å². The quantitative estimate of drug-likeness (QED) is 0.679. The van der Waals surface area contributed by atoms with Gasteiger partial charge < -0.3 is 20.1 Å². The first-order valence-electron chi connectivity index (χ1n) is 8.43. The summed E-state index contributed by atoms with van der Waals surface area (Å²) >= 11 is 0. The molecule has 1 amide bonds. The van der Waals surface area contributed by atoms with Crippen molar-refractivity contribution in [3.8, 4) is 11.5 Å². The van der Waals surface area contributed by atoms with Gasteiger partial charge in [0.15, 0.2) is 0 Å². The molecule has 138 valence electrons.